The van der Waals surface area contributed by atoms with Gasteiger partial charge in [0.2, 0.25) is 11.8 Å². The Kier molecular flexibility index (Phi) is 10.2. The van der Waals surface area contributed by atoms with Crippen LogP contribution in [0.15, 0.2) is 113 Å². The molecule has 9 nitrogen and oxygen atoms in total. The number of piperidine rings is 1. The molecule has 0 aliphatic carbocycles. The topological polar surface area (TPSA) is 120 Å². The van der Waals surface area contributed by atoms with Gasteiger partial charge in [0.25, 0.3) is 5.91 Å². The van der Waals surface area contributed by atoms with Crippen LogP contribution in [0.3, 0.4) is 0 Å². The van der Waals surface area contributed by atoms with Crippen molar-refractivity contribution in [3.05, 3.63) is 151 Å². The number of ketones is 1. The van der Waals surface area contributed by atoms with Crippen LogP contribution in [-0.4, -0.2) is 69.3 Å². The predicted octanol–water partition coefficient (Wildman–Crippen LogP) is 6.69. The number of carbonyl (C=O) groups excluding carboxylic acids is 3. The van der Waals surface area contributed by atoms with Gasteiger partial charge in [-0.2, -0.15) is 0 Å². The molecule has 7 rings (SSSR count). The number of aromatic amines is 1. The highest BCUT2D eigenvalue weighted by Gasteiger charge is 2.43. The molecule has 4 aromatic carbocycles. The number of likely N-dealkylation sites (tertiary alicyclic amines) is 2. The lowest BCUT2D eigenvalue weighted by Gasteiger charge is -2.33. The maximum atomic E-state index is 14.4. The first kappa shape index (κ1) is 34.8. The Hall–Kier alpha value is -5.65. The molecule has 0 radical (unpaired) electrons. The van der Waals surface area contributed by atoms with E-state index in [2.05, 4.69) is 4.98 Å². The summed E-state index contributed by atoms with van der Waals surface area (Å²) in [6.45, 7) is 1.22. The molecule has 2 amide bonds. The molecule has 2 aliphatic heterocycles. The summed E-state index contributed by atoms with van der Waals surface area (Å²) in [5.41, 5.74) is 4.62. The van der Waals surface area contributed by atoms with Gasteiger partial charge in [0, 0.05) is 37.2 Å². The van der Waals surface area contributed by atoms with Gasteiger partial charge in [-0.1, -0.05) is 89.7 Å². The molecular formula is C41H36FN3O6S. The number of hydrogen-bond acceptors (Lipinski definition) is 7. The molecule has 11 heteroatoms. The van der Waals surface area contributed by atoms with Gasteiger partial charge in [-0.15, -0.1) is 0 Å². The first-order valence-electron chi connectivity index (χ1n) is 17.1. The van der Waals surface area contributed by atoms with Gasteiger partial charge in [-0.3, -0.25) is 24.2 Å². The van der Waals surface area contributed by atoms with Gasteiger partial charge >= 0.3 is 4.87 Å². The summed E-state index contributed by atoms with van der Waals surface area (Å²) < 4.78 is 20.1. The van der Waals surface area contributed by atoms with Crippen molar-refractivity contribution in [2.75, 3.05) is 19.6 Å². The number of aromatic nitrogens is 1. The van der Waals surface area contributed by atoms with Crippen molar-refractivity contribution >= 4 is 35.0 Å². The van der Waals surface area contributed by atoms with Gasteiger partial charge in [0.1, 0.15) is 11.9 Å². The molecule has 5 aromatic rings. The highest BCUT2D eigenvalue weighted by molar-refractivity contribution is 7.10. The maximum absolute atomic E-state index is 14.4. The normalized spacial score (nSPS) is 17.3. The quantitative estimate of drug-likeness (QED) is 0.164. The van der Waals surface area contributed by atoms with E-state index in [1.165, 1.54) is 29.2 Å². The van der Waals surface area contributed by atoms with E-state index < -0.39 is 29.7 Å². The predicted molar refractivity (Wildman–Crippen MR) is 197 cm³/mol. The molecule has 2 fully saturated rings. The summed E-state index contributed by atoms with van der Waals surface area (Å²) in [6, 6.07) is 28.8. The number of thiazole rings is 1. The van der Waals surface area contributed by atoms with E-state index in [0.29, 0.717) is 30.8 Å². The van der Waals surface area contributed by atoms with Crippen LogP contribution in [0.1, 0.15) is 56.0 Å². The second-order valence-electron chi connectivity index (χ2n) is 12.9. The fourth-order valence-electron chi connectivity index (χ4n) is 6.89. The number of halogens is 1. The first-order valence-corrected chi connectivity index (χ1v) is 17.9. The molecule has 1 aromatic heterocycles. The summed E-state index contributed by atoms with van der Waals surface area (Å²) in [7, 11) is 0. The second-order valence-corrected chi connectivity index (χ2v) is 13.9. The van der Waals surface area contributed by atoms with Crippen LogP contribution in [0, 0.1) is 5.82 Å². The highest BCUT2D eigenvalue weighted by atomic mass is 32.1. The van der Waals surface area contributed by atoms with Crippen molar-refractivity contribution in [3.63, 3.8) is 0 Å². The number of aromatic hydroxyl groups is 1. The number of nitrogens with zero attached hydrogens (tertiary/aromatic N) is 2. The van der Waals surface area contributed by atoms with Crippen molar-refractivity contribution in [2.45, 2.75) is 38.0 Å². The Labute approximate surface area is 303 Å². The number of ether oxygens (including phenoxy) is 1. The third-order valence-electron chi connectivity index (χ3n) is 9.60. The van der Waals surface area contributed by atoms with Crippen molar-refractivity contribution in [1.82, 2.24) is 14.8 Å². The molecule has 264 valence electrons. The minimum Gasteiger partial charge on any atom is -0.493 e. The molecule has 2 aliphatic rings. The van der Waals surface area contributed by atoms with E-state index in [1.807, 2.05) is 54.6 Å². The van der Waals surface area contributed by atoms with Crippen LogP contribution >= 0.6 is 11.3 Å². The average Bonchev–Trinajstić information content (AvgIpc) is 3.75. The molecule has 0 bridgehead atoms. The number of nitrogens with one attached hydrogen (secondary N) is 1. The van der Waals surface area contributed by atoms with Crippen LogP contribution < -0.4 is 4.87 Å². The second kappa shape index (κ2) is 15.3. The maximum Gasteiger partial charge on any atom is 0.307 e. The number of rotatable bonds is 9. The lowest BCUT2D eigenvalue weighted by molar-refractivity contribution is -0.135. The lowest BCUT2D eigenvalue weighted by atomic mass is 9.97. The zero-order chi connectivity index (χ0) is 36.2. The smallest absolute Gasteiger partial charge is 0.307 e. The summed E-state index contributed by atoms with van der Waals surface area (Å²) in [5, 5.41) is 10.0. The van der Waals surface area contributed by atoms with Crippen molar-refractivity contribution < 1.29 is 28.6 Å². The van der Waals surface area contributed by atoms with Gasteiger partial charge in [-0.25, -0.2) is 4.39 Å². The van der Waals surface area contributed by atoms with Gasteiger partial charge in [0.05, 0.1) is 23.2 Å². The molecule has 3 heterocycles. The Morgan fingerprint density at radius 2 is 1.56 bits per heavy atom. The molecule has 2 saturated heterocycles. The Bertz CT molecular complexity index is 2190. The third kappa shape index (κ3) is 7.51. The molecule has 2 atom stereocenters. The number of H-pyrrole nitrogens is 1. The van der Waals surface area contributed by atoms with Crippen LogP contribution in [-0.2, 0) is 16.1 Å². The van der Waals surface area contributed by atoms with E-state index in [1.54, 1.807) is 35.2 Å². The van der Waals surface area contributed by atoms with Crippen LogP contribution in [0.2, 0.25) is 0 Å². The van der Waals surface area contributed by atoms with Gasteiger partial charge < -0.3 is 19.6 Å². The van der Waals surface area contributed by atoms with Gasteiger partial charge in [0.15, 0.2) is 5.78 Å². The van der Waals surface area contributed by atoms with Crippen molar-refractivity contribution in [1.29, 1.82) is 0 Å². The lowest BCUT2D eigenvalue weighted by Crippen LogP contribution is -2.49. The van der Waals surface area contributed by atoms with E-state index in [9.17, 15) is 28.7 Å². The van der Waals surface area contributed by atoms with Crippen molar-refractivity contribution in [2.24, 2.45) is 0 Å². The minimum atomic E-state index is -0.833. The number of hydrogen-bond donors (Lipinski definition) is 2. The Morgan fingerprint density at radius 1 is 0.885 bits per heavy atom. The van der Waals surface area contributed by atoms with E-state index in [4.69, 9.17) is 4.74 Å². The van der Waals surface area contributed by atoms with E-state index in [-0.39, 0.29) is 52.9 Å². The molecule has 2 N–H and O–H groups in total. The number of carbonyl (C=O) groups is 3. The van der Waals surface area contributed by atoms with E-state index in [0.717, 1.165) is 33.6 Å². The first-order chi connectivity index (χ1) is 25.2. The molecule has 0 spiro atoms. The summed E-state index contributed by atoms with van der Waals surface area (Å²) >= 11 is 0.925. The standard InChI is InChI=1S/C41H36FN3O6S/c42-30-16-14-28(15-17-30)37(46)33-12-6-7-13-34(33)39(48)45-24-31(51-25-29-10-4-5-11-32(29)27-8-2-1-3-9-27)23-35(45)40(49)44-20-18-26(19-21-44)22-36-38(47)43-41(50)52-36/h1-17,22,31,35,47H,18-21,23-25H2,(H,43,50)/t31-,35+/m1/s1. The zero-order valence-electron chi connectivity index (χ0n) is 28.2. The average molecular weight is 718 g/mol. The monoisotopic (exact) mass is 717 g/mol. The highest BCUT2D eigenvalue weighted by Crippen LogP contribution is 2.31. The van der Waals surface area contributed by atoms with E-state index >= 15 is 0 Å². The van der Waals surface area contributed by atoms with Crippen LogP contribution in [0.4, 0.5) is 4.39 Å². The molecule has 0 unspecified atom stereocenters. The number of amides is 2. The fourth-order valence-corrected chi connectivity index (χ4v) is 7.61. The Balaban J connectivity index is 1.13. The molecular weight excluding hydrogens is 682 g/mol. The zero-order valence-corrected chi connectivity index (χ0v) is 29.0. The minimum absolute atomic E-state index is 0.145. The SMILES string of the molecule is O=C(c1ccc(F)cc1)c1ccccc1C(=O)N1C[C@H](OCc2ccccc2-c2ccccc2)C[C@H]1C(=O)N1CCC(=Cc2sc(=O)[nH]c2O)CC1. The molecule has 0 saturated carbocycles. The van der Waals surface area contributed by atoms with Crippen LogP contribution in [0.25, 0.3) is 17.2 Å². The fraction of sp³-hybridized carbons (Fsp3) is 0.220. The van der Waals surface area contributed by atoms with Gasteiger partial charge in [-0.05, 0) is 65.9 Å². The summed E-state index contributed by atoms with van der Waals surface area (Å²) in [5.74, 6) is -1.74. The largest absolute Gasteiger partial charge is 0.493 e. The third-order valence-corrected chi connectivity index (χ3v) is 10.4. The number of benzene rings is 4. The molecule has 52 heavy (non-hydrogen) atoms. The Morgan fingerprint density at radius 3 is 2.27 bits per heavy atom. The van der Waals surface area contributed by atoms with Crippen LogP contribution in [0.5, 0.6) is 5.88 Å². The summed E-state index contributed by atoms with van der Waals surface area (Å²) in [4.78, 5) is 59.7. The summed E-state index contributed by atoms with van der Waals surface area (Å²) in [6.07, 6.45) is 2.70. The van der Waals surface area contributed by atoms with Crippen molar-refractivity contribution in [3.8, 4) is 17.0 Å².